The van der Waals surface area contributed by atoms with Crippen LogP contribution in [0.15, 0.2) is 18.2 Å². The Morgan fingerprint density at radius 2 is 2.07 bits per heavy atom. The molecule has 1 rings (SSSR count). The van der Waals surface area contributed by atoms with E-state index in [1.165, 1.54) is 0 Å². The molecule has 0 atom stereocenters. The summed E-state index contributed by atoms with van der Waals surface area (Å²) in [5, 5.41) is 0. The zero-order valence-electron chi connectivity index (χ0n) is 8.74. The highest BCUT2D eigenvalue weighted by Crippen LogP contribution is 2.20. The van der Waals surface area contributed by atoms with Crippen LogP contribution in [0, 0.1) is 6.92 Å². The van der Waals surface area contributed by atoms with Crippen LogP contribution in [0.1, 0.15) is 12.5 Å². The number of nitrogens with two attached hydrogens (primary N) is 1. The molecule has 6 heteroatoms. The standard InChI is InChI=1S/C9H15N3O2S/c1-3-11-15(13,14)12-9-6-4-5-8(10)7(9)2/h4-6,11-12H,3,10H2,1-2H3. The smallest absolute Gasteiger partial charge is 0.299 e. The molecule has 0 heterocycles. The average Bonchev–Trinajstić information content (AvgIpc) is 2.12. The van der Waals surface area contributed by atoms with Gasteiger partial charge in [-0.3, -0.25) is 4.72 Å². The minimum Gasteiger partial charge on any atom is -0.398 e. The predicted octanol–water partition coefficient (Wildman–Crippen LogP) is 0.843. The predicted molar refractivity (Wildman–Crippen MR) is 61.8 cm³/mol. The largest absolute Gasteiger partial charge is 0.398 e. The van der Waals surface area contributed by atoms with Gasteiger partial charge in [-0.15, -0.1) is 0 Å². The summed E-state index contributed by atoms with van der Waals surface area (Å²) in [6.45, 7) is 3.82. The normalized spacial score (nSPS) is 11.3. The van der Waals surface area contributed by atoms with E-state index < -0.39 is 10.2 Å². The number of nitrogens with one attached hydrogen (secondary N) is 2. The van der Waals surface area contributed by atoms with Gasteiger partial charge in [0.05, 0.1) is 5.69 Å². The highest BCUT2D eigenvalue weighted by molar-refractivity contribution is 7.90. The van der Waals surface area contributed by atoms with Gasteiger partial charge in [-0.05, 0) is 24.6 Å². The molecule has 0 aromatic heterocycles. The maximum atomic E-state index is 11.4. The van der Waals surface area contributed by atoms with Crippen molar-refractivity contribution in [1.29, 1.82) is 0 Å². The first-order chi connectivity index (χ1) is 6.96. The molecule has 0 radical (unpaired) electrons. The molecule has 0 aliphatic heterocycles. The fourth-order valence-electron chi connectivity index (χ4n) is 1.13. The van der Waals surface area contributed by atoms with Crippen molar-refractivity contribution in [2.75, 3.05) is 17.0 Å². The molecule has 5 nitrogen and oxygen atoms in total. The maximum absolute atomic E-state index is 11.4. The van der Waals surface area contributed by atoms with Crippen LogP contribution in [-0.2, 0) is 10.2 Å². The molecular formula is C9H15N3O2S. The number of rotatable bonds is 4. The fourth-order valence-corrected chi connectivity index (χ4v) is 2.10. The molecular weight excluding hydrogens is 214 g/mol. The van der Waals surface area contributed by atoms with Gasteiger partial charge in [0.2, 0.25) is 0 Å². The third-order valence-electron chi connectivity index (χ3n) is 1.95. The highest BCUT2D eigenvalue weighted by atomic mass is 32.2. The zero-order valence-corrected chi connectivity index (χ0v) is 9.56. The Balaban J connectivity index is 2.95. The number of hydrogen-bond donors (Lipinski definition) is 3. The highest BCUT2D eigenvalue weighted by Gasteiger charge is 2.10. The first-order valence-electron chi connectivity index (χ1n) is 4.58. The van der Waals surface area contributed by atoms with Crippen LogP contribution in [0.5, 0.6) is 0 Å². The van der Waals surface area contributed by atoms with E-state index in [0.29, 0.717) is 17.9 Å². The summed E-state index contributed by atoms with van der Waals surface area (Å²) in [7, 11) is -3.48. The van der Waals surface area contributed by atoms with Gasteiger partial charge in [-0.25, -0.2) is 0 Å². The number of benzene rings is 1. The van der Waals surface area contributed by atoms with Crippen molar-refractivity contribution in [2.45, 2.75) is 13.8 Å². The first kappa shape index (κ1) is 11.8. The zero-order chi connectivity index (χ0) is 11.5. The summed E-state index contributed by atoms with van der Waals surface area (Å²) < 4.78 is 27.5. The average molecular weight is 229 g/mol. The van der Waals surface area contributed by atoms with Crippen molar-refractivity contribution in [1.82, 2.24) is 4.72 Å². The molecule has 0 saturated carbocycles. The lowest BCUT2D eigenvalue weighted by atomic mass is 10.2. The maximum Gasteiger partial charge on any atom is 0.299 e. The lowest BCUT2D eigenvalue weighted by Crippen LogP contribution is -2.30. The van der Waals surface area contributed by atoms with Gasteiger partial charge in [-0.1, -0.05) is 13.0 Å². The van der Waals surface area contributed by atoms with Gasteiger partial charge in [0.1, 0.15) is 0 Å². The van der Waals surface area contributed by atoms with Crippen molar-refractivity contribution in [3.8, 4) is 0 Å². The van der Waals surface area contributed by atoms with Crippen molar-refractivity contribution < 1.29 is 8.42 Å². The van der Waals surface area contributed by atoms with Crippen molar-refractivity contribution in [3.05, 3.63) is 23.8 Å². The number of anilines is 2. The Morgan fingerprint density at radius 1 is 1.40 bits per heavy atom. The van der Waals surface area contributed by atoms with Crippen LogP contribution in [-0.4, -0.2) is 15.0 Å². The van der Waals surface area contributed by atoms with Crippen molar-refractivity contribution in [3.63, 3.8) is 0 Å². The van der Waals surface area contributed by atoms with Gasteiger partial charge >= 0.3 is 0 Å². The summed E-state index contributed by atoms with van der Waals surface area (Å²) >= 11 is 0. The number of nitrogen functional groups attached to an aromatic ring is 1. The van der Waals surface area contributed by atoms with E-state index in [-0.39, 0.29) is 0 Å². The van der Waals surface area contributed by atoms with E-state index in [9.17, 15) is 8.42 Å². The number of hydrogen-bond acceptors (Lipinski definition) is 3. The lowest BCUT2D eigenvalue weighted by Gasteiger charge is -2.11. The summed E-state index contributed by atoms with van der Waals surface area (Å²) in [5.41, 5.74) is 7.44. The van der Waals surface area contributed by atoms with Gasteiger partial charge in [0.25, 0.3) is 10.2 Å². The second-order valence-electron chi connectivity index (χ2n) is 3.12. The van der Waals surface area contributed by atoms with Crippen LogP contribution in [0.3, 0.4) is 0 Å². The van der Waals surface area contributed by atoms with Gasteiger partial charge < -0.3 is 5.73 Å². The molecule has 0 unspecified atom stereocenters. The van der Waals surface area contributed by atoms with E-state index in [4.69, 9.17) is 5.73 Å². The summed E-state index contributed by atoms with van der Waals surface area (Å²) in [6, 6.07) is 5.09. The van der Waals surface area contributed by atoms with E-state index in [1.54, 1.807) is 32.0 Å². The fraction of sp³-hybridized carbons (Fsp3) is 0.333. The van der Waals surface area contributed by atoms with E-state index >= 15 is 0 Å². The Hall–Kier alpha value is -1.27. The molecule has 15 heavy (non-hydrogen) atoms. The lowest BCUT2D eigenvalue weighted by molar-refractivity contribution is 0.589. The third-order valence-corrected chi connectivity index (χ3v) is 3.11. The monoisotopic (exact) mass is 229 g/mol. The minimum atomic E-state index is -3.48. The van der Waals surface area contributed by atoms with Crippen molar-refractivity contribution >= 4 is 21.6 Å². The second kappa shape index (κ2) is 4.50. The quantitative estimate of drug-likeness (QED) is 0.669. The Morgan fingerprint density at radius 3 is 2.67 bits per heavy atom. The summed E-state index contributed by atoms with van der Waals surface area (Å²) in [6.07, 6.45) is 0. The minimum absolute atomic E-state index is 0.344. The molecule has 0 saturated heterocycles. The van der Waals surface area contributed by atoms with Crippen LogP contribution < -0.4 is 15.2 Å². The molecule has 0 bridgehead atoms. The van der Waals surface area contributed by atoms with Crippen LogP contribution in [0.2, 0.25) is 0 Å². The van der Waals surface area contributed by atoms with E-state index in [0.717, 1.165) is 5.56 Å². The summed E-state index contributed by atoms with van der Waals surface area (Å²) in [5.74, 6) is 0. The van der Waals surface area contributed by atoms with Crippen LogP contribution >= 0.6 is 0 Å². The van der Waals surface area contributed by atoms with Crippen LogP contribution in [0.25, 0.3) is 0 Å². The molecule has 0 aliphatic rings. The molecule has 0 fully saturated rings. The summed E-state index contributed by atoms with van der Waals surface area (Å²) in [4.78, 5) is 0. The van der Waals surface area contributed by atoms with Crippen molar-refractivity contribution in [2.24, 2.45) is 0 Å². The van der Waals surface area contributed by atoms with Gasteiger partial charge in [0.15, 0.2) is 0 Å². The third kappa shape index (κ3) is 3.10. The first-order valence-corrected chi connectivity index (χ1v) is 6.07. The molecule has 1 aromatic rings. The SMILES string of the molecule is CCNS(=O)(=O)Nc1cccc(N)c1C. The second-order valence-corrected chi connectivity index (χ2v) is 4.62. The molecule has 4 N–H and O–H groups in total. The van der Waals surface area contributed by atoms with Gasteiger partial charge in [0, 0.05) is 12.2 Å². The Labute approximate surface area is 89.9 Å². The Kier molecular flexibility index (Phi) is 3.54. The molecule has 1 aromatic carbocycles. The van der Waals surface area contributed by atoms with E-state index in [2.05, 4.69) is 9.44 Å². The molecule has 0 spiro atoms. The van der Waals surface area contributed by atoms with Gasteiger partial charge in [-0.2, -0.15) is 13.1 Å². The molecule has 0 aliphatic carbocycles. The Bertz CT molecular complexity index is 443. The topological polar surface area (TPSA) is 84.2 Å². The van der Waals surface area contributed by atoms with E-state index in [1.807, 2.05) is 0 Å². The van der Waals surface area contributed by atoms with Crippen LogP contribution in [0.4, 0.5) is 11.4 Å². The molecule has 84 valence electrons. The molecule has 0 amide bonds.